The molecular weight excluding hydrogens is 380 g/mol. The molecule has 4 heterocycles. The van der Waals surface area contributed by atoms with Crippen LogP contribution in [0.2, 0.25) is 0 Å². The second-order valence-electron chi connectivity index (χ2n) is 7.77. The Morgan fingerprint density at radius 3 is 2.69 bits per heavy atom. The van der Waals surface area contributed by atoms with Crippen LogP contribution in [0, 0.1) is 11.3 Å². The van der Waals surface area contributed by atoms with Crippen molar-refractivity contribution in [2.75, 3.05) is 36.4 Å². The summed E-state index contributed by atoms with van der Waals surface area (Å²) in [6.45, 7) is 3.98. The minimum atomic E-state index is 0.508. The van der Waals surface area contributed by atoms with Gasteiger partial charge < -0.3 is 15.5 Å². The van der Waals surface area contributed by atoms with E-state index in [1.807, 2.05) is 12.4 Å². The summed E-state index contributed by atoms with van der Waals surface area (Å²) in [7, 11) is 0. The number of aromatic nitrogens is 2. The summed E-state index contributed by atoms with van der Waals surface area (Å²) in [5.41, 5.74) is 2.16. The van der Waals surface area contributed by atoms with Crippen LogP contribution in [0.3, 0.4) is 0 Å². The molecule has 148 valence electrons. The molecule has 2 aliphatic rings. The van der Waals surface area contributed by atoms with Crippen LogP contribution in [0.15, 0.2) is 30.6 Å². The Kier molecular flexibility index (Phi) is 5.04. The zero-order valence-electron chi connectivity index (χ0n) is 16.3. The second kappa shape index (κ2) is 7.97. The number of thiophene rings is 1. The zero-order chi connectivity index (χ0) is 19.6. The van der Waals surface area contributed by atoms with Gasteiger partial charge in [0, 0.05) is 37.8 Å². The molecule has 0 unspecified atom stereocenters. The summed E-state index contributed by atoms with van der Waals surface area (Å²) in [4.78, 5) is 12.4. The molecule has 0 spiro atoms. The third kappa shape index (κ3) is 3.66. The van der Waals surface area contributed by atoms with Gasteiger partial charge in [0.05, 0.1) is 16.6 Å². The zero-order valence-corrected chi connectivity index (χ0v) is 17.1. The first-order chi connectivity index (χ1) is 14.3. The molecule has 1 saturated carbocycles. The first-order valence-corrected chi connectivity index (χ1v) is 11.1. The Morgan fingerprint density at radius 1 is 1.14 bits per heavy atom. The smallest absolute Gasteiger partial charge is 0.131 e. The average Bonchev–Trinajstić information content (AvgIpc) is 3.42. The quantitative estimate of drug-likeness (QED) is 0.672. The Hall–Kier alpha value is -2.69. The lowest BCUT2D eigenvalue weighted by molar-refractivity contribution is 0.585. The number of anilines is 3. The van der Waals surface area contributed by atoms with Crippen LogP contribution < -0.4 is 15.5 Å². The molecule has 3 aromatic rings. The van der Waals surface area contributed by atoms with Crippen molar-refractivity contribution in [2.45, 2.75) is 31.6 Å². The lowest BCUT2D eigenvalue weighted by atomic mass is 9.95. The SMILES string of the molecule is N#Cc1sc2cnc(Nc3ccc(N4CCNCC4)nc3)cc2c1C1CCCC1. The van der Waals surface area contributed by atoms with Gasteiger partial charge in [0.15, 0.2) is 0 Å². The Labute approximate surface area is 174 Å². The van der Waals surface area contributed by atoms with Crippen molar-refractivity contribution in [1.29, 1.82) is 5.26 Å². The van der Waals surface area contributed by atoms with E-state index in [4.69, 9.17) is 0 Å². The molecule has 7 heteroatoms. The largest absolute Gasteiger partial charge is 0.354 e. The van der Waals surface area contributed by atoms with Crippen molar-refractivity contribution in [3.05, 3.63) is 41.0 Å². The number of piperazine rings is 1. The van der Waals surface area contributed by atoms with Gasteiger partial charge in [-0.3, -0.25) is 0 Å². The van der Waals surface area contributed by atoms with E-state index < -0.39 is 0 Å². The fourth-order valence-corrected chi connectivity index (χ4v) is 5.52. The van der Waals surface area contributed by atoms with Gasteiger partial charge in [0.25, 0.3) is 0 Å². The molecular formula is C22H24N6S. The third-order valence-corrected chi connectivity index (χ3v) is 7.00. The van der Waals surface area contributed by atoms with Crippen molar-refractivity contribution in [2.24, 2.45) is 0 Å². The van der Waals surface area contributed by atoms with E-state index in [1.54, 1.807) is 11.3 Å². The van der Waals surface area contributed by atoms with E-state index in [9.17, 15) is 5.26 Å². The summed E-state index contributed by atoms with van der Waals surface area (Å²) in [5.74, 6) is 2.32. The molecule has 0 aromatic carbocycles. The highest BCUT2D eigenvalue weighted by molar-refractivity contribution is 7.19. The summed E-state index contributed by atoms with van der Waals surface area (Å²) in [6.07, 6.45) is 8.65. The summed E-state index contributed by atoms with van der Waals surface area (Å²) < 4.78 is 1.10. The van der Waals surface area contributed by atoms with Gasteiger partial charge in [0.2, 0.25) is 0 Å². The van der Waals surface area contributed by atoms with Crippen LogP contribution >= 0.6 is 11.3 Å². The highest BCUT2D eigenvalue weighted by Gasteiger charge is 2.24. The highest BCUT2D eigenvalue weighted by atomic mass is 32.1. The lowest BCUT2D eigenvalue weighted by Gasteiger charge is -2.28. The number of rotatable bonds is 4. The molecule has 1 aliphatic heterocycles. The number of hydrogen-bond acceptors (Lipinski definition) is 7. The van der Waals surface area contributed by atoms with E-state index in [0.29, 0.717) is 5.92 Å². The van der Waals surface area contributed by atoms with Crippen molar-refractivity contribution in [3.8, 4) is 6.07 Å². The topological polar surface area (TPSA) is 76.9 Å². The minimum absolute atomic E-state index is 0.508. The lowest BCUT2D eigenvalue weighted by Crippen LogP contribution is -2.43. The van der Waals surface area contributed by atoms with Crippen LogP contribution in [-0.4, -0.2) is 36.1 Å². The molecule has 29 heavy (non-hydrogen) atoms. The van der Waals surface area contributed by atoms with Crippen LogP contribution in [0.5, 0.6) is 0 Å². The Bertz CT molecular complexity index is 1040. The van der Waals surface area contributed by atoms with Gasteiger partial charge in [-0.15, -0.1) is 11.3 Å². The maximum Gasteiger partial charge on any atom is 0.131 e. The van der Waals surface area contributed by atoms with E-state index in [1.165, 1.54) is 36.6 Å². The number of nitrogens with zero attached hydrogens (tertiary/aromatic N) is 4. The minimum Gasteiger partial charge on any atom is -0.354 e. The summed E-state index contributed by atoms with van der Waals surface area (Å²) in [6, 6.07) is 8.64. The molecule has 0 radical (unpaired) electrons. The van der Waals surface area contributed by atoms with Gasteiger partial charge in [-0.25, -0.2) is 9.97 Å². The second-order valence-corrected chi connectivity index (χ2v) is 8.82. The average molecular weight is 405 g/mol. The number of nitrogens with one attached hydrogen (secondary N) is 2. The molecule has 6 nitrogen and oxygen atoms in total. The van der Waals surface area contributed by atoms with Crippen LogP contribution in [0.4, 0.5) is 17.3 Å². The summed E-state index contributed by atoms with van der Waals surface area (Å²) in [5, 5.41) is 17.6. The summed E-state index contributed by atoms with van der Waals surface area (Å²) >= 11 is 1.57. The van der Waals surface area contributed by atoms with Crippen molar-refractivity contribution in [3.63, 3.8) is 0 Å². The molecule has 0 amide bonds. The standard InChI is InChI=1S/C22H24N6S/c23-12-18-22(15-3-1-2-4-15)17-11-20(25-14-19(17)29-18)27-16-5-6-21(26-13-16)28-9-7-24-8-10-28/h5-6,11,13-15,24H,1-4,7-10H2,(H,25,27). The molecule has 1 aliphatic carbocycles. The molecule has 2 fully saturated rings. The number of fused-ring (bicyclic) bond motifs is 1. The van der Waals surface area contributed by atoms with Crippen molar-refractivity contribution >= 4 is 38.7 Å². The normalized spacial score (nSPS) is 17.6. The van der Waals surface area contributed by atoms with Crippen LogP contribution in [0.25, 0.3) is 10.1 Å². The van der Waals surface area contributed by atoms with E-state index >= 15 is 0 Å². The molecule has 5 rings (SSSR count). The van der Waals surface area contributed by atoms with Crippen LogP contribution in [0.1, 0.15) is 42.0 Å². The predicted molar refractivity (Wildman–Crippen MR) is 118 cm³/mol. The van der Waals surface area contributed by atoms with Gasteiger partial charge in [-0.2, -0.15) is 5.26 Å². The molecule has 0 bridgehead atoms. The molecule has 2 N–H and O–H groups in total. The molecule has 1 saturated heterocycles. The monoisotopic (exact) mass is 404 g/mol. The first-order valence-electron chi connectivity index (χ1n) is 10.3. The third-order valence-electron chi connectivity index (χ3n) is 5.94. The Morgan fingerprint density at radius 2 is 1.97 bits per heavy atom. The van der Waals surface area contributed by atoms with E-state index in [0.717, 1.165) is 53.1 Å². The highest BCUT2D eigenvalue weighted by Crippen LogP contribution is 2.43. The predicted octanol–water partition coefficient (Wildman–Crippen LogP) is 4.37. The molecule has 0 atom stereocenters. The fraction of sp³-hybridized carbons (Fsp3) is 0.409. The Balaban J connectivity index is 1.40. The van der Waals surface area contributed by atoms with Gasteiger partial charge in [0.1, 0.15) is 22.6 Å². The fourth-order valence-electron chi connectivity index (χ4n) is 4.48. The van der Waals surface area contributed by atoms with Crippen molar-refractivity contribution < 1.29 is 0 Å². The van der Waals surface area contributed by atoms with Gasteiger partial charge in [-0.05, 0) is 42.5 Å². The van der Waals surface area contributed by atoms with Gasteiger partial charge >= 0.3 is 0 Å². The maximum absolute atomic E-state index is 9.63. The van der Waals surface area contributed by atoms with Gasteiger partial charge in [-0.1, -0.05) is 12.8 Å². The maximum atomic E-state index is 9.63. The van der Waals surface area contributed by atoms with E-state index in [-0.39, 0.29) is 0 Å². The number of pyridine rings is 2. The van der Waals surface area contributed by atoms with Crippen molar-refractivity contribution in [1.82, 2.24) is 15.3 Å². The first kappa shape index (κ1) is 18.3. The van der Waals surface area contributed by atoms with Crippen LogP contribution in [-0.2, 0) is 0 Å². The molecule has 3 aromatic heterocycles. The number of nitriles is 1. The van der Waals surface area contributed by atoms with E-state index in [2.05, 4.69) is 49.8 Å². The number of hydrogen-bond donors (Lipinski definition) is 2.